The third-order valence-corrected chi connectivity index (χ3v) is 4.73. The highest BCUT2D eigenvalue weighted by Crippen LogP contribution is 2.29. The molecule has 2 aromatic rings. The summed E-state index contributed by atoms with van der Waals surface area (Å²) >= 11 is 0. The van der Waals surface area contributed by atoms with Crippen molar-refractivity contribution in [3.8, 4) is 5.75 Å². The molecule has 6 heteroatoms. The number of likely N-dealkylation sites (N-methyl/N-ethyl adjacent to an activating group) is 1. The minimum atomic E-state index is -0.0710. The van der Waals surface area contributed by atoms with Gasteiger partial charge in [0.2, 0.25) is 5.91 Å². The van der Waals surface area contributed by atoms with E-state index in [1.807, 2.05) is 88.0 Å². The van der Waals surface area contributed by atoms with Gasteiger partial charge in [-0.05, 0) is 78.2 Å². The van der Waals surface area contributed by atoms with Crippen molar-refractivity contribution in [1.29, 1.82) is 0 Å². The highest BCUT2D eigenvalue weighted by molar-refractivity contribution is 6.02. The summed E-state index contributed by atoms with van der Waals surface area (Å²) < 4.78 is 5.32. The average Bonchev–Trinajstić information content (AvgIpc) is 2.67. The van der Waals surface area contributed by atoms with E-state index in [9.17, 15) is 9.59 Å². The van der Waals surface area contributed by atoms with Crippen LogP contribution in [0.25, 0.3) is 0 Å². The van der Waals surface area contributed by atoms with E-state index in [0.717, 1.165) is 0 Å². The van der Waals surface area contributed by atoms with Crippen LogP contribution in [0.15, 0.2) is 48.5 Å². The maximum Gasteiger partial charge on any atom is 0.254 e. The van der Waals surface area contributed by atoms with Gasteiger partial charge in [0.15, 0.2) is 0 Å². The van der Waals surface area contributed by atoms with Gasteiger partial charge in [-0.3, -0.25) is 14.5 Å². The molecule has 0 heterocycles. The van der Waals surface area contributed by atoms with Crippen LogP contribution in [0, 0.1) is 0 Å². The molecule has 0 N–H and O–H groups in total. The van der Waals surface area contributed by atoms with E-state index < -0.39 is 0 Å². The van der Waals surface area contributed by atoms with E-state index in [1.165, 1.54) is 0 Å². The molecule has 0 aromatic heterocycles. The van der Waals surface area contributed by atoms with E-state index in [0.29, 0.717) is 22.7 Å². The predicted octanol–water partition coefficient (Wildman–Crippen LogP) is 4.18. The number of carbonyl (C=O) groups is 2. The third kappa shape index (κ3) is 5.60. The van der Waals surface area contributed by atoms with Crippen LogP contribution in [0.1, 0.15) is 38.1 Å². The number of benzene rings is 2. The van der Waals surface area contributed by atoms with E-state index in [-0.39, 0.29) is 30.4 Å². The molecule has 2 amide bonds. The number of nitrogens with zero attached hydrogens (tertiary/aromatic N) is 3. The number of amides is 2. The smallest absolute Gasteiger partial charge is 0.254 e. The highest BCUT2D eigenvalue weighted by atomic mass is 16.5. The summed E-state index contributed by atoms with van der Waals surface area (Å²) in [6.45, 7) is 8.30. The lowest BCUT2D eigenvalue weighted by molar-refractivity contribution is -0.118. The number of hydrogen-bond acceptors (Lipinski definition) is 4. The Bertz CT molecular complexity index is 852. The summed E-state index contributed by atoms with van der Waals surface area (Å²) in [6.07, 6.45) is 0. The van der Waals surface area contributed by atoms with E-state index in [1.54, 1.807) is 24.1 Å². The van der Waals surface area contributed by atoms with Crippen molar-refractivity contribution in [3.05, 3.63) is 54.1 Å². The first-order valence-electron chi connectivity index (χ1n) is 10.2. The molecule has 0 spiro atoms. The summed E-state index contributed by atoms with van der Waals surface area (Å²) in [6, 6.07) is 14.8. The zero-order valence-electron chi connectivity index (χ0n) is 19.0. The molecule has 0 atom stereocenters. The minimum Gasteiger partial charge on any atom is -0.497 e. The van der Waals surface area contributed by atoms with Crippen LogP contribution in [-0.4, -0.2) is 61.4 Å². The summed E-state index contributed by atoms with van der Waals surface area (Å²) in [5, 5.41) is 0. The van der Waals surface area contributed by atoms with Gasteiger partial charge in [0, 0.05) is 29.4 Å². The molecule has 0 aliphatic carbocycles. The predicted molar refractivity (Wildman–Crippen MR) is 122 cm³/mol. The third-order valence-electron chi connectivity index (χ3n) is 4.73. The Kier molecular flexibility index (Phi) is 8.00. The van der Waals surface area contributed by atoms with Gasteiger partial charge in [0.25, 0.3) is 5.91 Å². The first-order valence-corrected chi connectivity index (χ1v) is 10.2. The maximum absolute atomic E-state index is 13.0. The summed E-state index contributed by atoms with van der Waals surface area (Å²) in [5.41, 5.74) is 2.02. The number of ether oxygens (including phenoxy) is 1. The van der Waals surface area contributed by atoms with Crippen molar-refractivity contribution < 1.29 is 14.3 Å². The summed E-state index contributed by atoms with van der Waals surface area (Å²) in [7, 11) is 5.31. The fraction of sp³-hybridized carbons (Fsp3) is 0.417. The van der Waals surface area contributed by atoms with E-state index in [4.69, 9.17) is 4.74 Å². The molecule has 0 fully saturated rings. The van der Waals surface area contributed by atoms with Crippen molar-refractivity contribution >= 4 is 23.2 Å². The van der Waals surface area contributed by atoms with Crippen molar-refractivity contribution in [3.63, 3.8) is 0 Å². The van der Waals surface area contributed by atoms with Crippen LogP contribution in [-0.2, 0) is 4.79 Å². The van der Waals surface area contributed by atoms with Gasteiger partial charge in [-0.25, -0.2) is 0 Å². The molecule has 0 aliphatic heterocycles. The molecule has 0 bridgehead atoms. The number of carbonyl (C=O) groups excluding carboxylic acids is 2. The lowest BCUT2D eigenvalue weighted by Crippen LogP contribution is -2.42. The topological polar surface area (TPSA) is 53.1 Å². The Morgan fingerprint density at radius 2 is 1.50 bits per heavy atom. The fourth-order valence-corrected chi connectivity index (χ4v) is 3.50. The summed E-state index contributed by atoms with van der Waals surface area (Å²) in [5.74, 6) is 0.587. The first kappa shape index (κ1) is 23.4. The Hall–Kier alpha value is -2.86. The molecule has 2 aromatic carbocycles. The Labute approximate surface area is 180 Å². The molecule has 0 saturated heterocycles. The highest BCUT2D eigenvalue weighted by Gasteiger charge is 2.23. The fourth-order valence-electron chi connectivity index (χ4n) is 3.50. The minimum absolute atomic E-state index is 0.0147. The first-order chi connectivity index (χ1) is 14.1. The van der Waals surface area contributed by atoms with Crippen molar-refractivity contribution in [2.24, 2.45) is 0 Å². The normalized spacial score (nSPS) is 11.1. The van der Waals surface area contributed by atoms with Crippen LogP contribution < -0.4 is 9.64 Å². The zero-order valence-corrected chi connectivity index (χ0v) is 19.0. The van der Waals surface area contributed by atoms with Crippen molar-refractivity contribution in [1.82, 2.24) is 9.80 Å². The standard InChI is InChI=1S/C24H33N3O3/c1-17(2)26(18(3)4)24(29)19-11-13-20(14-12-19)27(23(28)16-25(5)6)21-9-8-10-22(15-21)30-7/h8-15,17-18H,16H2,1-7H3. The largest absolute Gasteiger partial charge is 0.497 e. The van der Waals surface area contributed by atoms with Gasteiger partial charge in [-0.15, -0.1) is 0 Å². The second-order valence-electron chi connectivity index (χ2n) is 8.12. The Morgan fingerprint density at radius 1 is 0.900 bits per heavy atom. The van der Waals surface area contributed by atoms with Crippen LogP contribution >= 0.6 is 0 Å². The van der Waals surface area contributed by atoms with E-state index in [2.05, 4.69) is 0 Å². The molecule has 0 aliphatic rings. The van der Waals surface area contributed by atoms with Crippen LogP contribution in [0.2, 0.25) is 0 Å². The maximum atomic E-state index is 13.0. The lowest BCUT2D eigenvalue weighted by atomic mass is 10.1. The van der Waals surface area contributed by atoms with Gasteiger partial charge in [-0.1, -0.05) is 6.07 Å². The number of rotatable bonds is 8. The molecule has 0 unspecified atom stereocenters. The SMILES string of the molecule is COc1cccc(N(C(=O)CN(C)C)c2ccc(C(=O)N(C(C)C)C(C)C)cc2)c1. The Morgan fingerprint density at radius 3 is 2.00 bits per heavy atom. The average molecular weight is 412 g/mol. The van der Waals surface area contributed by atoms with Gasteiger partial charge in [0.1, 0.15) is 5.75 Å². The van der Waals surface area contributed by atoms with Gasteiger partial charge < -0.3 is 14.5 Å². The quantitative estimate of drug-likeness (QED) is 0.654. The summed E-state index contributed by atoms with van der Waals surface area (Å²) in [4.78, 5) is 31.3. The number of methoxy groups -OCH3 is 1. The number of hydrogen-bond donors (Lipinski definition) is 0. The van der Waals surface area contributed by atoms with Crippen LogP contribution in [0.5, 0.6) is 5.75 Å². The van der Waals surface area contributed by atoms with Gasteiger partial charge in [0.05, 0.1) is 19.3 Å². The molecule has 30 heavy (non-hydrogen) atoms. The molecule has 6 nitrogen and oxygen atoms in total. The van der Waals surface area contributed by atoms with Gasteiger partial charge in [-0.2, -0.15) is 0 Å². The second kappa shape index (κ2) is 10.3. The molecule has 162 valence electrons. The molecule has 0 radical (unpaired) electrons. The zero-order chi connectivity index (χ0) is 22.4. The Balaban J connectivity index is 2.42. The van der Waals surface area contributed by atoms with Gasteiger partial charge >= 0.3 is 0 Å². The monoisotopic (exact) mass is 411 g/mol. The molecular formula is C24H33N3O3. The number of anilines is 2. The van der Waals surface area contributed by atoms with E-state index >= 15 is 0 Å². The molecular weight excluding hydrogens is 378 g/mol. The van der Waals surface area contributed by atoms with Crippen molar-refractivity contribution in [2.45, 2.75) is 39.8 Å². The lowest BCUT2D eigenvalue weighted by Gasteiger charge is -2.31. The second-order valence-corrected chi connectivity index (χ2v) is 8.12. The molecule has 0 saturated carbocycles. The molecule has 2 rings (SSSR count). The van der Waals surface area contributed by atoms with Crippen molar-refractivity contribution in [2.75, 3.05) is 32.6 Å². The van der Waals surface area contributed by atoms with Crippen LogP contribution in [0.3, 0.4) is 0 Å². The van der Waals surface area contributed by atoms with Crippen LogP contribution in [0.4, 0.5) is 11.4 Å².